The molecule has 0 N–H and O–H groups in total. The number of ketones is 2. The van der Waals surface area contributed by atoms with E-state index in [0.29, 0.717) is 17.0 Å². The van der Waals surface area contributed by atoms with Crippen LogP contribution in [0.1, 0.15) is 50.9 Å². The number of benzene rings is 1. The maximum atomic E-state index is 12.8. The maximum Gasteiger partial charge on any atom is 0.514 e. The molecule has 7 heteroatoms. The smallest absolute Gasteiger partial charge is 0.492 e. The van der Waals surface area contributed by atoms with Crippen LogP contribution in [0.2, 0.25) is 0 Å². The molecule has 0 bridgehead atoms. The number of hydrogen-bond donors (Lipinski definition) is 0. The Bertz CT molecular complexity index is 998. The molecule has 2 aromatic rings. The Labute approximate surface area is 161 Å². The van der Waals surface area contributed by atoms with Crippen molar-refractivity contribution in [3.05, 3.63) is 64.7 Å². The quantitative estimate of drug-likeness (QED) is 0.582. The number of methoxy groups -OCH3 is 1. The third-order valence-corrected chi connectivity index (χ3v) is 4.95. The molecule has 0 saturated heterocycles. The van der Waals surface area contributed by atoms with E-state index in [9.17, 15) is 14.4 Å². The molecule has 0 spiro atoms. The molecule has 0 aliphatic heterocycles. The monoisotopic (exact) mass is 381 g/mol. The van der Waals surface area contributed by atoms with Crippen LogP contribution in [-0.4, -0.2) is 29.4 Å². The molecular formula is C21H19NO6. The first kappa shape index (κ1) is 18.0. The van der Waals surface area contributed by atoms with Crippen LogP contribution in [0, 0.1) is 0 Å². The molecule has 0 amide bonds. The molecule has 2 aliphatic carbocycles. The Kier molecular flexibility index (Phi) is 4.50. The van der Waals surface area contributed by atoms with Gasteiger partial charge in [0.25, 0.3) is 0 Å². The van der Waals surface area contributed by atoms with Gasteiger partial charge in [0.1, 0.15) is 18.1 Å². The summed E-state index contributed by atoms with van der Waals surface area (Å²) in [7, 11) is 3.11. The van der Waals surface area contributed by atoms with Crippen LogP contribution in [-0.2, 0) is 23.1 Å². The summed E-state index contributed by atoms with van der Waals surface area (Å²) < 4.78 is 17.2. The number of rotatable bonds is 5. The molecule has 28 heavy (non-hydrogen) atoms. The zero-order valence-electron chi connectivity index (χ0n) is 15.6. The molecule has 2 aliphatic rings. The maximum absolute atomic E-state index is 12.8. The van der Waals surface area contributed by atoms with E-state index < -0.39 is 6.16 Å². The SMILES string of the molecule is COC1=CC(=O)c2c(c(COC(=O)Oc3ccccc3)c(C3CC3)n2C)C1=O. The van der Waals surface area contributed by atoms with Crippen molar-refractivity contribution in [2.75, 3.05) is 7.11 Å². The second-order valence-electron chi connectivity index (χ2n) is 6.78. The molecule has 4 rings (SSSR count). The molecule has 144 valence electrons. The normalized spacial score (nSPS) is 15.7. The van der Waals surface area contributed by atoms with Gasteiger partial charge in [-0.1, -0.05) is 18.2 Å². The van der Waals surface area contributed by atoms with E-state index in [1.165, 1.54) is 13.2 Å². The number of hydrogen-bond acceptors (Lipinski definition) is 6. The molecule has 1 saturated carbocycles. The largest absolute Gasteiger partial charge is 0.514 e. The number of para-hydroxylation sites is 1. The van der Waals surface area contributed by atoms with Gasteiger partial charge in [-0.25, -0.2) is 4.79 Å². The van der Waals surface area contributed by atoms with Gasteiger partial charge in [0, 0.05) is 24.4 Å². The van der Waals surface area contributed by atoms with Crippen LogP contribution in [0.3, 0.4) is 0 Å². The van der Waals surface area contributed by atoms with E-state index in [1.54, 1.807) is 41.9 Å². The summed E-state index contributed by atoms with van der Waals surface area (Å²) >= 11 is 0. The minimum atomic E-state index is -0.873. The van der Waals surface area contributed by atoms with Crippen LogP contribution in [0.5, 0.6) is 5.75 Å². The third kappa shape index (κ3) is 3.09. The first-order chi connectivity index (χ1) is 13.5. The zero-order valence-corrected chi connectivity index (χ0v) is 15.6. The minimum Gasteiger partial charge on any atom is -0.492 e. The lowest BCUT2D eigenvalue weighted by molar-refractivity contribution is 0.0880. The van der Waals surface area contributed by atoms with Gasteiger partial charge >= 0.3 is 6.16 Å². The first-order valence-corrected chi connectivity index (χ1v) is 8.97. The van der Waals surface area contributed by atoms with Crippen LogP contribution in [0.15, 0.2) is 42.2 Å². The summed E-state index contributed by atoms with van der Waals surface area (Å²) in [6.45, 7) is -0.156. The number of nitrogens with zero attached hydrogens (tertiary/aromatic N) is 1. The number of Topliss-reactive ketones (excluding diaryl/α,β-unsaturated/α-hetero) is 1. The summed E-state index contributed by atoms with van der Waals surface area (Å²) in [6, 6.07) is 8.56. The Morgan fingerprint density at radius 3 is 2.54 bits per heavy atom. The highest BCUT2D eigenvalue weighted by Crippen LogP contribution is 2.45. The van der Waals surface area contributed by atoms with Crippen molar-refractivity contribution in [2.45, 2.75) is 25.4 Å². The van der Waals surface area contributed by atoms with Gasteiger partial charge in [0.05, 0.1) is 12.7 Å². The lowest BCUT2D eigenvalue weighted by Gasteiger charge is -2.13. The third-order valence-electron chi connectivity index (χ3n) is 4.95. The number of carbonyl (C=O) groups excluding carboxylic acids is 3. The van der Waals surface area contributed by atoms with Crippen molar-refractivity contribution >= 4 is 17.7 Å². The Hall–Kier alpha value is -3.35. The minimum absolute atomic E-state index is 0.0152. The fourth-order valence-corrected chi connectivity index (χ4v) is 3.59. The number of allylic oxidation sites excluding steroid dienone is 2. The second-order valence-corrected chi connectivity index (χ2v) is 6.78. The van der Waals surface area contributed by atoms with E-state index >= 15 is 0 Å². The number of fused-ring (bicyclic) bond motifs is 1. The molecule has 1 aromatic carbocycles. The van der Waals surface area contributed by atoms with E-state index in [-0.39, 0.29) is 35.4 Å². The van der Waals surface area contributed by atoms with Crippen molar-refractivity contribution in [1.29, 1.82) is 0 Å². The van der Waals surface area contributed by atoms with Gasteiger partial charge in [0.2, 0.25) is 11.6 Å². The fraction of sp³-hybridized carbons (Fsp3) is 0.286. The van der Waals surface area contributed by atoms with Gasteiger partial charge < -0.3 is 18.8 Å². The summed E-state index contributed by atoms with van der Waals surface area (Å²) in [6.07, 6.45) is 2.26. The van der Waals surface area contributed by atoms with Crippen molar-refractivity contribution in [3.63, 3.8) is 0 Å². The number of carbonyl (C=O) groups is 3. The van der Waals surface area contributed by atoms with Crippen molar-refractivity contribution in [2.24, 2.45) is 7.05 Å². The van der Waals surface area contributed by atoms with Crippen LogP contribution in [0.4, 0.5) is 4.79 Å². The van der Waals surface area contributed by atoms with E-state index in [4.69, 9.17) is 14.2 Å². The Balaban J connectivity index is 1.64. The Morgan fingerprint density at radius 2 is 1.89 bits per heavy atom. The molecule has 1 aromatic heterocycles. The van der Waals surface area contributed by atoms with Gasteiger partial charge in [-0.15, -0.1) is 0 Å². The number of ether oxygens (including phenoxy) is 3. The molecule has 1 fully saturated rings. The van der Waals surface area contributed by atoms with Crippen molar-refractivity contribution in [1.82, 2.24) is 4.57 Å². The van der Waals surface area contributed by atoms with Crippen LogP contribution < -0.4 is 4.74 Å². The standard InChI is InChI=1S/C21H19NO6/c1-22-18(12-8-9-12)14(11-27-21(25)28-13-6-4-3-5-7-13)17-19(22)15(23)10-16(26-2)20(17)24/h3-7,10,12H,8-9,11H2,1-2H3. The topological polar surface area (TPSA) is 83.8 Å². The summed E-state index contributed by atoms with van der Waals surface area (Å²) in [4.78, 5) is 37.5. The predicted molar refractivity (Wildman–Crippen MR) is 98.4 cm³/mol. The average Bonchev–Trinajstić information content (AvgIpc) is 3.47. The molecular weight excluding hydrogens is 362 g/mol. The molecule has 1 heterocycles. The van der Waals surface area contributed by atoms with E-state index in [1.807, 2.05) is 0 Å². The highest BCUT2D eigenvalue weighted by atomic mass is 16.7. The highest BCUT2D eigenvalue weighted by molar-refractivity contribution is 6.24. The fourth-order valence-electron chi connectivity index (χ4n) is 3.59. The summed E-state index contributed by atoms with van der Waals surface area (Å²) in [5.41, 5.74) is 1.96. The van der Waals surface area contributed by atoms with Gasteiger partial charge in [-0.3, -0.25) is 9.59 Å². The molecule has 0 atom stereocenters. The zero-order chi connectivity index (χ0) is 19.8. The summed E-state index contributed by atoms with van der Waals surface area (Å²) in [5.74, 6) is -0.0889. The van der Waals surface area contributed by atoms with Crippen LogP contribution >= 0.6 is 0 Å². The molecule has 0 radical (unpaired) electrons. The first-order valence-electron chi connectivity index (χ1n) is 8.97. The molecule has 7 nitrogen and oxygen atoms in total. The lowest BCUT2D eigenvalue weighted by atomic mass is 9.95. The van der Waals surface area contributed by atoms with Gasteiger partial charge in [-0.05, 0) is 30.9 Å². The number of aromatic nitrogens is 1. The Morgan fingerprint density at radius 1 is 1.18 bits per heavy atom. The second kappa shape index (κ2) is 6.99. The lowest BCUT2D eigenvalue weighted by Crippen LogP contribution is -2.20. The van der Waals surface area contributed by atoms with Gasteiger partial charge in [0.15, 0.2) is 5.76 Å². The van der Waals surface area contributed by atoms with Crippen LogP contribution in [0.25, 0.3) is 0 Å². The summed E-state index contributed by atoms with van der Waals surface area (Å²) in [5, 5.41) is 0. The average molecular weight is 381 g/mol. The van der Waals surface area contributed by atoms with Crippen molar-refractivity contribution < 1.29 is 28.6 Å². The predicted octanol–water partition coefficient (Wildman–Crippen LogP) is 3.53. The molecule has 0 unspecified atom stereocenters. The van der Waals surface area contributed by atoms with E-state index in [0.717, 1.165) is 18.5 Å². The highest BCUT2D eigenvalue weighted by Gasteiger charge is 2.39. The van der Waals surface area contributed by atoms with E-state index in [2.05, 4.69) is 0 Å². The van der Waals surface area contributed by atoms with Gasteiger partial charge in [-0.2, -0.15) is 0 Å². The van der Waals surface area contributed by atoms with Crippen molar-refractivity contribution in [3.8, 4) is 5.75 Å².